The highest BCUT2D eigenvalue weighted by atomic mass is 19.1. The lowest BCUT2D eigenvalue weighted by molar-refractivity contribution is 0.0943. The summed E-state index contributed by atoms with van der Waals surface area (Å²) in [5.41, 5.74) is 1.72. The molecule has 0 unspecified atom stereocenters. The fourth-order valence-corrected chi connectivity index (χ4v) is 3.15. The Kier molecular flexibility index (Phi) is 4.79. The van der Waals surface area contributed by atoms with Crippen molar-refractivity contribution >= 4 is 11.8 Å². The molecule has 0 spiro atoms. The van der Waals surface area contributed by atoms with E-state index in [2.05, 4.69) is 10.6 Å². The molecular formula is C22H23FN2O3. The number of aromatic hydroxyl groups is 1. The second-order valence-electron chi connectivity index (χ2n) is 7.76. The molecule has 2 amide bonds. The van der Waals surface area contributed by atoms with Crippen molar-refractivity contribution in [1.29, 1.82) is 0 Å². The quantitative estimate of drug-likeness (QED) is 0.715. The average Bonchev–Trinajstić information content (AvgIpc) is 3.57. The van der Waals surface area contributed by atoms with E-state index in [0.29, 0.717) is 34.7 Å². The Labute approximate surface area is 163 Å². The SMILES string of the molecule is Cc1c(F)cc(C(=O)NC2CC2)cc1-c1ccc(C(=O)NCC2CC2)cc1O. The largest absolute Gasteiger partial charge is 0.507 e. The van der Waals surface area contributed by atoms with Gasteiger partial charge in [-0.25, -0.2) is 4.39 Å². The third kappa shape index (κ3) is 4.01. The second kappa shape index (κ2) is 7.26. The minimum atomic E-state index is -0.510. The van der Waals surface area contributed by atoms with E-state index in [-0.39, 0.29) is 29.2 Å². The van der Waals surface area contributed by atoms with Crippen LogP contribution in [0, 0.1) is 18.7 Å². The van der Waals surface area contributed by atoms with Gasteiger partial charge in [-0.3, -0.25) is 9.59 Å². The molecule has 2 aromatic rings. The van der Waals surface area contributed by atoms with Crippen molar-refractivity contribution in [3.05, 3.63) is 52.8 Å². The van der Waals surface area contributed by atoms with Gasteiger partial charge in [-0.05, 0) is 80.0 Å². The first-order chi connectivity index (χ1) is 13.4. The Morgan fingerprint density at radius 2 is 1.79 bits per heavy atom. The summed E-state index contributed by atoms with van der Waals surface area (Å²) in [5.74, 6) is -0.634. The van der Waals surface area contributed by atoms with Crippen molar-refractivity contribution in [2.45, 2.75) is 38.6 Å². The van der Waals surface area contributed by atoms with Crippen LogP contribution >= 0.6 is 0 Å². The van der Waals surface area contributed by atoms with Gasteiger partial charge in [0.05, 0.1) is 0 Å². The van der Waals surface area contributed by atoms with Crippen LogP contribution in [-0.2, 0) is 0 Å². The van der Waals surface area contributed by atoms with E-state index >= 15 is 0 Å². The van der Waals surface area contributed by atoms with Crippen molar-refractivity contribution in [2.24, 2.45) is 5.92 Å². The number of hydrogen-bond acceptors (Lipinski definition) is 3. The number of rotatable bonds is 6. The van der Waals surface area contributed by atoms with Gasteiger partial charge in [-0.15, -0.1) is 0 Å². The Hall–Kier alpha value is -2.89. The zero-order valence-corrected chi connectivity index (χ0v) is 15.7. The van der Waals surface area contributed by atoms with Crippen LogP contribution in [0.1, 0.15) is 52.0 Å². The molecule has 4 rings (SSSR count). The molecule has 0 aliphatic heterocycles. The summed E-state index contributed by atoms with van der Waals surface area (Å²) < 4.78 is 14.4. The van der Waals surface area contributed by atoms with E-state index in [1.165, 1.54) is 12.1 Å². The summed E-state index contributed by atoms with van der Waals surface area (Å²) in [6, 6.07) is 7.54. The Balaban J connectivity index is 1.60. The summed E-state index contributed by atoms with van der Waals surface area (Å²) in [6.07, 6.45) is 4.16. The molecule has 0 radical (unpaired) electrons. The predicted octanol–water partition coefficient (Wildman–Crippen LogP) is 3.54. The number of phenolic OH excluding ortho intramolecular Hbond substituents is 1. The molecule has 2 aromatic carbocycles. The number of phenols is 1. The van der Waals surface area contributed by atoms with E-state index in [4.69, 9.17) is 0 Å². The maximum Gasteiger partial charge on any atom is 0.251 e. The van der Waals surface area contributed by atoms with Gasteiger partial charge in [0.15, 0.2) is 0 Å². The predicted molar refractivity (Wildman–Crippen MR) is 104 cm³/mol. The van der Waals surface area contributed by atoms with Crippen molar-refractivity contribution in [2.75, 3.05) is 6.54 Å². The van der Waals surface area contributed by atoms with Gasteiger partial charge in [0.1, 0.15) is 11.6 Å². The fraction of sp³-hybridized carbons (Fsp3) is 0.364. The maximum absolute atomic E-state index is 14.4. The minimum Gasteiger partial charge on any atom is -0.507 e. The van der Waals surface area contributed by atoms with Crippen LogP contribution in [0.3, 0.4) is 0 Å². The van der Waals surface area contributed by atoms with Crippen molar-refractivity contribution in [3.8, 4) is 16.9 Å². The van der Waals surface area contributed by atoms with Crippen LogP contribution in [0.5, 0.6) is 5.75 Å². The Morgan fingerprint density at radius 1 is 1.04 bits per heavy atom. The fourth-order valence-electron chi connectivity index (χ4n) is 3.15. The molecule has 2 saturated carbocycles. The number of carbonyl (C=O) groups excluding carboxylic acids is 2. The van der Waals surface area contributed by atoms with Gasteiger partial charge in [0.25, 0.3) is 11.8 Å². The average molecular weight is 382 g/mol. The van der Waals surface area contributed by atoms with Gasteiger partial charge in [-0.2, -0.15) is 0 Å². The Morgan fingerprint density at radius 3 is 2.43 bits per heavy atom. The third-order valence-corrected chi connectivity index (χ3v) is 5.32. The number of carbonyl (C=O) groups is 2. The zero-order chi connectivity index (χ0) is 19.8. The summed E-state index contributed by atoms with van der Waals surface area (Å²) in [7, 11) is 0. The van der Waals surface area contributed by atoms with Crippen LogP contribution in [-0.4, -0.2) is 29.5 Å². The van der Waals surface area contributed by atoms with Crippen LogP contribution in [0.2, 0.25) is 0 Å². The monoisotopic (exact) mass is 382 g/mol. The number of halogens is 1. The number of nitrogens with one attached hydrogen (secondary N) is 2. The standard InChI is InChI=1S/C22H23FN2O3/c1-12-18(8-15(9-19(12)23)22(28)25-16-5-6-16)17-7-4-14(10-20(17)26)21(27)24-11-13-2-3-13/h4,7-10,13,16,26H,2-3,5-6,11H2,1H3,(H,24,27)(H,25,28). The molecule has 2 fully saturated rings. The number of benzene rings is 2. The molecular weight excluding hydrogens is 359 g/mol. The molecule has 2 aliphatic carbocycles. The molecule has 0 bridgehead atoms. The van der Waals surface area contributed by atoms with E-state index in [9.17, 15) is 19.1 Å². The summed E-state index contributed by atoms with van der Waals surface area (Å²) in [4.78, 5) is 24.5. The van der Waals surface area contributed by atoms with Crippen LogP contribution in [0.4, 0.5) is 4.39 Å². The number of hydrogen-bond donors (Lipinski definition) is 3. The normalized spacial score (nSPS) is 15.9. The van der Waals surface area contributed by atoms with Crippen molar-refractivity contribution in [3.63, 3.8) is 0 Å². The van der Waals surface area contributed by atoms with E-state index in [1.807, 2.05) is 0 Å². The molecule has 0 aromatic heterocycles. The molecule has 0 saturated heterocycles. The van der Waals surface area contributed by atoms with Gasteiger partial charge in [0.2, 0.25) is 0 Å². The van der Waals surface area contributed by atoms with Gasteiger partial charge >= 0.3 is 0 Å². The summed E-state index contributed by atoms with van der Waals surface area (Å²) in [6.45, 7) is 2.24. The first-order valence-corrected chi connectivity index (χ1v) is 9.65. The van der Waals surface area contributed by atoms with Crippen LogP contribution in [0.25, 0.3) is 11.1 Å². The van der Waals surface area contributed by atoms with Crippen LogP contribution in [0.15, 0.2) is 30.3 Å². The van der Waals surface area contributed by atoms with Crippen molar-refractivity contribution < 1.29 is 19.1 Å². The highest BCUT2D eigenvalue weighted by molar-refractivity contribution is 5.97. The topological polar surface area (TPSA) is 78.4 Å². The van der Waals surface area contributed by atoms with Gasteiger partial charge in [0, 0.05) is 29.3 Å². The highest BCUT2D eigenvalue weighted by Gasteiger charge is 2.25. The molecule has 2 aliphatic rings. The lowest BCUT2D eigenvalue weighted by atomic mass is 9.95. The number of amides is 2. The van der Waals surface area contributed by atoms with E-state index in [1.54, 1.807) is 25.1 Å². The third-order valence-electron chi connectivity index (χ3n) is 5.32. The lowest BCUT2D eigenvalue weighted by Gasteiger charge is -2.13. The second-order valence-corrected chi connectivity index (χ2v) is 7.76. The molecule has 5 nitrogen and oxygen atoms in total. The minimum absolute atomic E-state index is 0.124. The maximum atomic E-state index is 14.4. The lowest BCUT2D eigenvalue weighted by Crippen LogP contribution is -2.25. The molecule has 0 heterocycles. The smallest absolute Gasteiger partial charge is 0.251 e. The van der Waals surface area contributed by atoms with Gasteiger partial charge < -0.3 is 15.7 Å². The Bertz CT molecular complexity index is 949. The molecule has 146 valence electrons. The van der Waals surface area contributed by atoms with Crippen LogP contribution < -0.4 is 10.6 Å². The first-order valence-electron chi connectivity index (χ1n) is 9.65. The molecule has 6 heteroatoms. The molecule has 0 atom stereocenters. The summed E-state index contributed by atoms with van der Waals surface area (Å²) in [5, 5.41) is 16.2. The molecule has 28 heavy (non-hydrogen) atoms. The van der Waals surface area contributed by atoms with E-state index in [0.717, 1.165) is 25.7 Å². The van der Waals surface area contributed by atoms with Gasteiger partial charge in [-0.1, -0.05) is 0 Å². The van der Waals surface area contributed by atoms with E-state index < -0.39 is 5.82 Å². The highest BCUT2D eigenvalue weighted by Crippen LogP contribution is 2.34. The zero-order valence-electron chi connectivity index (χ0n) is 15.7. The summed E-state index contributed by atoms with van der Waals surface area (Å²) >= 11 is 0. The van der Waals surface area contributed by atoms with Crippen molar-refractivity contribution in [1.82, 2.24) is 10.6 Å². The molecule has 3 N–H and O–H groups in total. The first kappa shape index (κ1) is 18.5.